The minimum Gasteiger partial charge on any atom is -0.389 e. The smallest absolute Gasteiger partial charge is 0.146 e. The van der Waals surface area contributed by atoms with Gasteiger partial charge in [-0.15, -0.1) is 0 Å². The van der Waals surface area contributed by atoms with Gasteiger partial charge in [-0.3, -0.25) is 4.98 Å². The van der Waals surface area contributed by atoms with Crippen molar-refractivity contribution in [3.63, 3.8) is 0 Å². The Morgan fingerprint density at radius 3 is 2.75 bits per heavy atom. The van der Waals surface area contributed by atoms with E-state index in [1.54, 1.807) is 19.5 Å². The molecule has 0 radical (unpaired) electrons. The summed E-state index contributed by atoms with van der Waals surface area (Å²) in [5.74, 6) is 0.701. The highest BCUT2D eigenvalue weighted by atomic mass is 16.5. The third kappa shape index (κ3) is 3.73. The summed E-state index contributed by atoms with van der Waals surface area (Å²) in [6, 6.07) is 0. The summed E-state index contributed by atoms with van der Waals surface area (Å²) in [7, 11) is 3.39. The molecule has 1 aromatic heterocycles. The molecule has 1 atom stereocenters. The van der Waals surface area contributed by atoms with Crippen LogP contribution in [0.5, 0.6) is 0 Å². The molecule has 0 saturated heterocycles. The lowest BCUT2D eigenvalue weighted by molar-refractivity contribution is 0.0694. The lowest BCUT2D eigenvalue weighted by Gasteiger charge is -2.20. The maximum Gasteiger partial charge on any atom is 0.146 e. The van der Waals surface area contributed by atoms with Gasteiger partial charge < -0.3 is 20.5 Å². The number of nitrogens with zero attached hydrogens (tertiary/aromatic N) is 3. The highest BCUT2D eigenvalue weighted by Gasteiger charge is 2.09. The minimum absolute atomic E-state index is 0.304. The zero-order valence-corrected chi connectivity index (χ0v) is 9.63. The van der Waals surface area contributed by atoms with Crippen LogP contribution in [0.15, 0.2) is 12.4 Å². The van der Waals surface area contributed by atoms with Crippen molar-refractivity contribution in [2.75, 3.05) is 32.2 Å². The van der Waals surface area contributed by atoms with Gasteiger partial charge >= 0.3 is 0 Å². The molecule has 0 aromatic carbocycles. The molecule has 0 aliphatic carbocycles. The minimum atomic E-state index is -0.536. The third-order valence-electron chi connectivity index (χ3n) is 2.14. The fourth-order valence-electron chi connectivity index (χ4n) is 1.31. The van der Waals surface area contributed by atoms with E-state index in [1.165, 1.54) is 0 Å². The molecule has 90 valence electrons. The first-order valence-corrected chi connectivity index (χ1v) is 5.06. The van der Waals surface area contributed by atoms with Crippen LogP contribution in [-0.2, 0) is 11.3 Å². The van der Waals surface area contributed by atoms with Gasteiger partial charge in [-0.25, -0.2) is 4.98 Å². The number of likely N-dealkylation sites (N-methyl/N-ethyl adjacent to an activating group) is 1. The van der Waals surface area contributed by atoms with Gasteiger partial charge in [-0.2, -0.15) is 0 Å². The monoisotopic (exact) mass is 226 g/mol. The van der Waals surface area contributed by atoms with Crippen molar-refractivity contribution < 1.29 is 9.84 Å². The molecule has 1 aromatic rings. The Labute approximate surface area is 95.1 Å². The zero-order chi connectivity index (χ0) is 12.0. The van der Waals surface area contributed by atoms with E-state index >= 15 is 0 Å². The van der Waals surface area contributed by atoms with E-state index in [2.05, 4.69) is 9.97 Å². The van der Waals surface area contributed by atoms with E-state index in [0.29, 0.717) is 25.5 Å². The summed E-state index contributed by atoms with van der Waals surface area (Å²) in [6.07, 6.45) is 2.74. The summed E-state index contributed by atoms with van der Waals surface area (Å²) in [5, 5.41) is 9.55. The number of rotatable bonds is 6. The number of anilines is 1. The van der Waals surface area contributed by atoms with Crippen molar-refractivity contribution in [3.05, 3.63) is 18.1 Å². The first kappa shape index (κ1) is 12.8. The van der Waals surface area contributed by atoms with Crippen molar-refractivity contribution in [3.8, 4) is 0 Å². The summed E-state index contributed by atoms with van der Waals surface area (Å²) in [5.41, 5.74) is 6.17. The molecule has 0 saturated carbocycles. The van der Waals surface area contributed by atoms with Crippen LogP contribution in [0.25, 0.3) is 0 Å². The molecule has 0 amide bonds. The first-order valence-electron chi connectivity index (χ1n) is 5.06. The largest absolute Gasteiger partial charge is 0.389 e. The van der Waals surface area contributed by atoms with Gasteiger partial charge in [0.15, 0.2) is 0 Å². The van der Waals surface area contributed by atoms with E-state index in [4.69, 9.17) is 10.5 Å². The van der Waals surface area contributed by atoms with Gasteiger partial charge in [0.1, 0.15) is 5.82 Å². The fourth-order valence-corrected chi connectivity index (χ4v) is 1.31. The molecular formula is C10H18N4O2. The Kier molecular flexibility index (Phi) is 5.10. The second-order valence-electron chi connectivity index (χ2n) is 3.56. The summed E-state index contributed by atoms with van der Waals surface area (Å²) >= 11 is 0. The van der Waals surface area contributed by atoms with E-state index in [0.717, 1.165) is 5.69 Å². The van der Waals surface area contributed by atoms with Crippen LogP contribution in [0.1, 0.15) is 5.69 Å². The van der Waals surface area contributed by atoms with Crippen LogP contribution < -0.4 is 10.6 Å². The SMILES string of the molecule is COCC(O)CN(C)c1cnc(CN)cn1. The van der Waals surface area contributed by atoms with Crippen molar-refractivity contribution in [1.29, 1.82) is 0 Å². The van der Waals surface area contributed by atoms with Gasteiger partial charge in [0, 0.05) is 27.2 Å². The lowest BCUT2D eigenvalue weighted by atomic mass is 10.3. The molecule has 6 nitrogen and oxygen atoms in total. The molecule has 1 unspecified atom stereocenters. The third-order valence-corrected chi connectivity index (χ3v) is 2.14. The standard InChI is InChI=1S/C10H18N4O2/c1-14(6-9(15)7-16-2)10-5-12-8(3-11)4-13-10/h4-5,9,15H,3,6-7,11H2,1-2H3. The average Bonchev–Trinajstić information content (AvgIpc) is 2.29. The number of hydrogen-bond donors (Lipinski definition) is 2. The van der Waals surface area contributed by atoms with E-state index in [1.807, 2.05) is 11.9 Å². The predicted molar refractivity (Wildman–Crippen MR) is 61.1 cm³/mol. The molecule has 0 spiro atoms. The van der Waals surface area contributed by atoms with Crippen LogP contribution in [0.2, 0.25) is 0 Å². The predicted octanol–water partition coefficient (Wildman–Crippen LogP) is -0.621. The topological polar surface area (TPSA) is 84.5 Å². The van der Waals surface area contributed by atoms with Crippen LogP contribution in [-0.4, -0.2) is 48.5 Å². The first-order chi connectivity index (χ1) is 7.67. The number of aromatic nitrogens is 2. The van der Waals surface area contributed by atoms with Crippen molar-refractivity contribution in [2.24, 2.45) is 5.73 Å². The molecule has 0 bridgehead atoms. The number of ether oxygens (including phenoxy) is 1. The lowest BCUT2D eigenvalue weighted by Crippen LogP contribution is -2.32. The Bertz CT molecular complexity index is 304. The van der Waals surface area contributed by atoms with Crippen molar-refractivity contribution >= 4 is 5.82 Å². The van der Waals surface area contributed by atoms with Crippen LogP contribution in [0.3, 0.4) is 0 Å². The van der Waals surface area contributed by atoms with Crippen molar-refractivity contribution in [1.82, 2.24) is 9.97 Å². The Morgan fingerprint density at radius 2 is 2.25 bits per heavy atom. The Hall–Kier alpha value is -1.24. The molecule has 6 heteroatoms. The second kappa shape index (κ2) is 6.37. The molecule has 0 aliphatic rings. The highest BCUT2D eigenvalue weighted by molar-refractivity contribution is 5.34. The number of nitrogens with two attached hydrogens (primary N) is 1. The number of aliphatic hydroxyl groups is 1. The quantitative estimate of drug-likeness (QED) is 0.672. The Balaban J connectivity index is 2.55. The molecule has 0 fully saturated rings. The van der Waals surface area contributed by atoms with Gasteiger partial charge in [0.2, 0.25) is 0 Å². The highest BCUT2D eigenvalue weighted by Crippen LogP contribution is 2.07. The molecule has 1 rings (SSSR count). The maximum atomic E-state index is 9.55. The van der Waals surface area contributed by atoms with Crippen LogP contribution in [0, 0.1) is 0 Å². The van der Waals surface area contributed by atoms with Gasteiger partial charge in [0.25, 0.3) is 0 Å². The normalized spacial score (nSPS) is 12.5. The molecule has 1 heterocycles. The van der Waals surface area contributed by atoms with Gasteiger partial charge in [-0.1, -0.05) is 0 Å². The number of aliphatic hydroxyl groups excluding tert-OH is 1. The van der Waals surface area contributed by atoms with Crippen LogP contribution in [0.4, 0.5) is 5.82 Å². The number of hydrogen-bond acceptors (Lipinski definition) is 6. The van der Waals surface area contributed by atoms with Crippen molar-refractivity contribution in [2.45, 2.75) is 12.6 Å². The average molecular weight is 226 g/mol. The van der Waals surface area contributed by atoms with Crippen LogP contribution >= 0.6 is 0 Å². The van der Waals surface area contributed by atoms with E-state index in [-0.39, 0.29) is 0 Å². The molecule has 0 aliphatic heterocycles. The van der Waals surface area contributed by atoms with E-state index < -0.39 is 6.10 Å². The van der Waals surface area contributed by atoms with Gasteiger partial charge in [-0.05, 0) is 0 Å². The summed E-state index contributed by atoms with van der Waals surface area (Å²) in [4.78, 5) is 10.1. The molecular weight excluding hydrogens is 208 g/mol. The Morgan fingerprint density at radius 1 is 1.50 bits per heavy atom. The van der Waals surface area contributed by atoms with E-state index in [9.17, 15) is 5.11 Å². The molecule has 16 heavy (non-hydrogen) atoms. The summed E-state index contributed by atoms with van der Waals surface area (Å²) in [6.45, 7) is 1.13. The molecule has 3 N–H and O–H groups in total. The second-order valence-corrected chi connectivity index (χ2v) is 3.56. The van der Waals surface area contributed by atoms with Gasteiger partial charge in [0.05, 0.1) is 30.8 Å². The zero-order valence-electron chi connectivity index (χ0n) is 9.63. The summed E-state index contributed by atoms with van der Waals surface area (Å²) < 4.78 is 4.85. The maximum absolute atomic E-state index is 9.55. The fraction of sp³-hybridized carbons (Fsp3) is 0.600. The number of methoxy groups -OCH3 is 1.